The summed E-state index contributed by atoms with van der Waals surface area (Å²) in [5.74, 6) is -0.485. The van der Waals surface area contributed by atoms with Gasteiger partial charge in [-0.2, -0.15) is 5.10 Å². The van der Waals surface area contributed by atoms with E-state index in [0.717, 1.165) is 5.56 Å². The highest BCUT2D eigenvalue weighted by Gasteiger charge is 2.13. The Morgan fingerprint density at radius 2 is 1.95 bits per heavy atom. The summed E-state index contributed by atoms with van der Waals surface area (Å²) >= 11 is 0. The zero-order chi connectivity index (χ0) is 15.7. The second-order valence-corrected chi connectivity index (χ2v) is 4.81. The molecule has 2 N–H and O–H groups in total. The summed E-state index contributed by atoms with van der Waals surface area (Å²) in [5.41, 5.74) is 7.43. The summed E-state index contributed by atoms with van der Waals surface area (Å²) in [4.78, 5) is 27.7. The number of hydrogen-bond acceptors (Lipinski definition) is 4. The van der Waals surface area contributed by atoms with Crippen LogP contribution < -0.4 is 11.3 Å². The highest BCUT2D eigenvalue weighted by Crippen LogP contribution is 2.23. The van der Waals surface area contributed by atoms with Crippen LogP contribution in [0.4, 0.5) is 0 Å². The first-order valence-corrected chi connectivity index (χ1v) is 6.88. The van der Waals surface area contributed by atoms with Gasteiger partial charge in [0.15, 0.2) is 0 Å². The first kappa shape index (κ1) is 13.9. The van der Waals surface area contributed by atoms with Crippen LogP contribution in [0.2, 0.25) is 0 Å². The topological polar surface area (TPSA) is 90.9 Å². The summed E-state index contributed by atoms with van der Waals surface area (Å²) in [6, 6.07) is 10.2. The minimum absolute atomic E-state index is 0.164. The van der Waals surface area contributed by atoms with Crippen molar-refractivity contribution >= 4 is 16.8 Å². The first-order valence-electron chi connectivity index (χ1n) is 6.88. The molecule has 0 aliphatic heterocycles. The molecule has 2 aromatic heterocycles. The Hall–Kier alpha value is -3.02. The van der Waals surface area contributed by atoms with Crippen LogP contribution in [0, 0.1) is 0 Å². The Balaban J connectivity index is 2.28. The molecule has 6 nitrogen and oxygen atoms in total. The Kier molecular flexibility index (Phi) is 3.42. The molecule has 3 rings (SSSR count). The van der Waals surface area contributed by atoms with E-state index in [1.807, 2.05) is 6.92 Å². The van der Waals surface area contributed by atoms with Gasteiger partial charge in [-0.15, -0.1) is 0 Å². The summed E-state index contributed by atoms with van der Waals surface area (Å²) in [7, 11) is 0. The summed E-state index contributed by atoms with van der Waals surface area (Å²) in [5, 5.41) is 4.91. The van der Waals surface area contributed by atoms with Gasteiger partial charge in [-0.05, 0) is 31.2 Å². The molecule has 22 heavy (non-hydrogen) atoms. The maximum absolute atomic E-state index is 12.3. The fourth-order valence-electron chi connectivity index (χ4n) is 2.32. The number of nitrogens with two attached hydrogens (primary N) is 1. The standard InChI is InChI=1S/C16H14N4O2/c1-2-20-16(22)12-4-3-9-18-14(12)13(19-20)10-5-7-11(8-6-10)15(17)21/h3-9H,2H2,1H3,(H2,17,21). The number of nitrogens with zero attached hydrogens (tertiary/aromatic N) is 3. The molecule has 3 aromatic rings. The van der Waals surface area contributed by atoms with Crippen LogP contribution in [-0.4, -0.2) is 20.7 Å². The second kappa shape index (κ2) is 5.40. The average molecular weight is 294 g/mol. The molecule has 1 amide bonds. The minimum atomic E-state index is -0.485. The van der Waals surface area contributed by atoms with Crippen molar-refractivity contribution in [3.8, 4) is 11.3 Å². The Morgan fingerprint density at radius 3 is 2.59 bits per heavy atom. The molecule has 0 bridgehead atoms. The molecular formula is C16H14N4O2. The number of rotatable bonds is 3. The predicted octanol–water partition coefficient (Wildman–Crippen LogP) is 1.58. The molecule has 0 aliphatic carbocycles. The molecule has 0 radical (unpaired) electrons. The fraction of sp³-hybridized carbons (Fsp3) is 0.125. The van der Waals surface area contributed by atoms with Crippen LogP contribution in [0.25, 0.3) is 22.2 Å². The number of primary amides is 1. The van der Waals surface area contributed by atoms with Crippen LogP contribution in [0.1, 0.15) is 17.3 Å². The first-order chi connectivity index (χ1) is 10.6. The number of carbonyl (C=O) groups is 1. The molecule has 0 unspecified atom stereocenters. The molecule has 0 atom stereocenters. The molecule has 6 heteroatoms. The molecule has 0 aliphatic rings. The average Bonchev–Trinajstić information content (AvgIpc) is 2.55. The monoisotopic (exact) mass is 294 g/mol. The SMILES string of the molecule is CCn1nc(-c2ccc(C(N)=O)cc2)c2ncccc2c1=O. The van der Waals surface area contributed by atoms with E-state index in [0.29, 0.717) is 28.7 Å². The number of pyridine rings is 1. The smallest absolute Gasteiger partial charge is 0.276 e. The van der Waals surface area contributed by atoms with Gasteiger partial charge in [-0.1, -0.05) is 12.1 Å². The van der Waals surface area contributed by atoms with Gasteiger partial charge in [0.2, 0.25) is 5.91 Å². The van der Waals surface area contributed by atoms with E-state index in [2.05, 4.69) is 10.1 Å². The lowest BCUT2D eigenvalue weighted by molar-refractivity contribution is 0.100. The second-order valence-electron chi connectivity index (χ2n) is 4.81. The predicted molar refractivity (Wildman–Crippen MR) is 83.4 cm³/mol. The lowest BCUT2D eigenvalue weighted by Gasteiger charge is -2.09. The van der Waals surface area contributed by atoms with Gasteiger partial charge in [0, 0.05) is 23.9 Å². The summed E-state index contributed by atoms with van der Waals surface area (Å²) < 4.78 is 1.40. The molecule has 0 saturated carbocycles. The molecule has 110 valence electrons. The van der Waals surface area contributed by atoms with Crippen molar-refractivity contribution in [2.24, 2.45) is 5.73 Å². The van der Waals surface area contributed by atoms with Gasteiger partial charge >= 0.3 is 0 Å². The summed E-state index contributed by atoms with van der Waals surface area (Å²) in [6.45, 7) is 2.33. The molecule has 0 saturated heterocycles. The lowest BCUT2D eigenvalue weighted by Crippen LogP contribution is -2.23. The largest absolute Gasteiger partial charge is 0.366 e. The number of carbonyl (C=O) groups excluding carboxylic acids is 1. The van der Waals surface area contributed by atoms with Gasteiger partial charge in [0.1, 0.15) is 11.2 Å². The van der Waals surface area contributed by atoms with Crippen molar-refractivity contribution in [3.63, 3.8) is 0 Å². The van der Waals surface area contributed by atoms with E-state index in [1.54, 1.807) is 42.6 Å². The van der Waals surface area contributed by atoms with E-state index in [1.165, 1.54) is 4.68 Å². The van der Waals surface area contributed by atoms with Gasteiger partial charge in [-0.25, -0.2) is 4.68 Å². The third kappa shape index (κ3) is 2.24. The number of fused-ring (bicyclic) bond motifs is 1. The van der Waals surface area contributed by atoms with Crippen molar-refractivity contribution in [1.82, 2.24) is 14.8 Å². The van der Waals surface area contributed by atoms with Gasteiger partial charge < -0.3 is 5.73 Å². The van der Waals surface area contributed by atoms with Crippen molar-refractivity contribution in [2.75, 3.05) is 0 Å². The number of aryl methyl sites for hydroxylation is 1. The number of aromatic nitrogens is 3. The summed E-state index contributed by atoms with van der Waals surface area (Å²) in [6.07, 6.45) is 1.63. The van der Waals surface area contributed by atoms with Crippen LogP contribution in [0.3, 0.4) is 0 Å². The Bertz CT molecular complexity index is 914. The van der Waals surface area contributed by atoms with Crippen LogP contribution in [-0.2, 0) is 6.54 Å². The zero-order valence-corrected chi connectivity index (χ0v) is 12.0. The van der Waals surface area contributed by atoms with Gasteiger partial charge in [0.25, 0.3) is 5.56 Å². The number of amides is 1. The van der Waals surface area contributed by atoms with E-state index in [4.69, 9.17) is 5.73 Å². The molecule has 1 aromatic carbocycles. The zero-order valence-electron chi connectivity index (χ0n) is 12.0. The third-order valence-electron chi connectivity index (χ3n) is 3.46. The third-order valence-corrected chi connectivity index (χ3v) is 3.46. The molecular weight excluding hydrogens is 280 g/mol. The van der Waals surface area contributed by atoms with Crippen LogP contribution in [0.5, 0.6) is 0 Å². The maximum atomic E-state index is 12.3. The number of benzene rings is 1. The van der Waals surface area contributed by atoms with Gasteiger partial charge in [-0.3, -0.25) is 14.6 Å². The minimum Gasteiger partial charge on any atom is -0.366 e. The van der Waals surface area contributed by atoms with Crippen molar-refractivity contribution in [1.29, 1.82) is 0 Å². The van der Waals surface area contributed by atoms with Crippen molar-refractivity contribution < 1.29 is 4.79 Å². The lowest BCUT2D eigenvalue weighted by atomic mass is 10.1. The molecule has 0 spiro atoms. The van der Waals surface area contributed by atoms with Crippen LogP contribution in [0.15, 0.2) is 47.4 Å². The van der Waals surface area contributed by atoms with Crippen molar-refractivity contribution in [2.45, 2.75) is 13.5 Å². The van der Waals surface area contributed by atoms with Gasteiger partial charge in [0.05, 0.1) is 5.39 Å². The van der Waals surface area contributed by atoms with E-state index in [9.17, 15) is 9.59 Å². The van der Waals surface area contributed by atoms with E-state index >= 15 is 0 Å². The normalized spacial score (nSPS) is 10.8. The fourth-order valence-corrected chi connectivity index (χ4v) is 2.32. The highest BCUT2D eigenvalue weighted by atomic mass is 16.1. The number of hydrogen-bond donors (Lipinski definition) is 1. The molecule has 0 fully saturated rings. The quantitative estimate of drug-likeness (QED) is 0.794. The van der Waals surface area contributed by atoms with Crippen LogP contribution >= 0.6 is 0 Å². The van der Waals surface area contributed by atoms with E-state index in [-0.39, 0.29) is 5.56 Å². The maximum Gasteiger partial charge on any atom is 0.276 e. The highest BCUT2D eigenvalue weighted by molar-refractivity contribution is 5.94. The molecule has 2 heterocycles. The van der Waals surface area contributed by atoms with E-state index < -0.39 is 5.91 Å². The van der Waals surface area contributed by atoms with Crippen molar-refractivity contribution in [3.05, 3.63) is 58.5 Å². The Labute approximate surface area is 126 Å². The Morgan fingerprint density at radius 1 is 1.23 bits per heavy atom.